The minimum atomic E-state index is -3.56. The van der Waals surface area contributed by atoms with Crippen molar-refractivity contribution in [3.05, 3.63) is 60.3 Å². The Morgan fingerprint density at radius 3 is 2.41 bits per heavy atom. The standard InChI is InChI=1S/C20H21N3O3S/c21-15-5-7-16(8-6-15)27(25,26)23-11-9-14(10-12-23)20(24)18-13-22-19-4-2-1-3-17(18)19/h1-8,13-14,22H,9-12,21H2. The summed E-state index contributed by atoms with van der Waals surface area (Å²) in [5.74, 6) is -0.0842. The number of anilines is 1. The maximum Gasteiger partial charge on any atom is 0.243 e. The summed E-state index contributed by atoms with van der Waals surface area (Å²) in [5, 5.41) is 0.916. The third-order valence-electron chi connectivity index (χ3n) is 5.20. The Morgan fingerprint density at radius 1 is 1.04 bits per heavy atom. The molecule has 2 aromatic carbocycles. The Hall–Kier alpha value is -2.64. The van der Waals surface area contributed by atoms with Crippen molar-refractivity contribution in [2.24, 2.45) is 5.92 Å². The van der Waals surface area contributed by atoms with Crippen LogP contribution >= 0.6 is 0 Å². The van der Waals surface area contributed by atoms with E-state index in [9.17, 15) is 13.2 Å². The number of piperidine rings is 1. The summed E-state index contributed by atoms with van der Waals surface area (Å²) in [5.41, 5.74) is 7.78. The lowest BCUT2D eigenvalue weighted by molar-refractivity contribution is 0.0877. The first-order chi connectivity index (χ1) is 13.0. The van der Waals surface area contributed by atoms with Gasteiger partial charge < -0.3 is 10.7 Å². The fourth-order valence-corrected chi connectivity index (χ4v) is 5.11. The Kier molecular flexibility index (Phi) is 4.49. The first-order valence-corrected chi connectivity index (χ1v) is 10.4. The maximum atomic E-state index is 12.9. The van der Waals surface area contributed by atoms with Crippen LogP contribution in [0.1, 0.15) is 23.2 Å². The van der Waals surface area contributed by atoms with Crippen LogP contribution < -0.4 is 5.73 Å². The van der Waals surface area contributed by atoms with Crippen molar-refractivity contribution in [3.63, 3.8) is 0 Å². The SMILES string of the molecule is Nc1ccc(S(=O)(=O)N2CCC(C(=O)c3c[nH]c4ccccc34)CC2)cc1. The second kappa shape index (κ2) is 6.83. The van der Waals surface area contributed by atoms with Crippen molar-refractivity contribution in [1.29, 1.82) is 0 Å². The average molecular weight is 383 g/mol. The number of ketones is 1. The van der Waals surface area contributed by atoms with Gasteiger partial charge in [0.2, 0.25) is 10.0 Å². The number of carbonyl (C=O) groups excluding carboxylic acids is 1. The number of hydrogen-bond donors (Lipinski definition) is 2. The van der Waals surface area contributed by atoms with Crippen LogP contribution in [-0.4, -0.2) is 36.6 Å². The normalized spacial score (nSPS) is 16.6. The molecule has 0 spiro atoms. The number of aromatic amines is 1. The molecule has 0 bridgehead atoms. The van der Waals surface area contributed by atoms with E-state index in [1.807, 2.05) is 24.3 Å². The smallest absolute Gasteiger partial charge is 0.243 e. The van der Waals surface area contributed by atoms with E-state index in [2.05, 4.69) is 4.98 Å². The molecule has 0 aliphatic carbocycles. The lowest BCUT2D eigenvalue weighted by Crippen LogP contribution is -2.40. The number of para-hydroxylation sites is 1. The average Bonchev–Trinajstić information content (AvgIpc) is 3.12. The van der Waals surface area contributed by atoms with Crippen LogP contribution in [0.25, 0.3) is 10.9 Å². The van der Waals surface area contributed by atoms with Crippen molar-refractivity contribution in [2.75, 3.05) is 18.8 Å². The van der Waals surface area contributed by atoms with Gasteiger partial charge in [0.15, 0.2) is 5.78 Å². The van der Waals surface area contributed by atoms with E-state index in [-0.39, 0.29) is 16.6 Å². The molecule has 27 heavy (non-hydrogen) atoms. The number of nitrogens with one attached hydrogen (secondary N) is 1. The van der Waals surface area contributed by atoms with Gasteiger partial charge in [-0.15, -0.1) is 0 Å². The third kappa shape index (κ3) is 3.24. The van der Waals surface area contributed by atoms with Crippen LogP contribution in [0.4, 0.5) is 5.69 Å². The van der Waals surface area contributed by atoms with Crippen LogP contribution in [0, 0.1) is 5.92 Å². The number of fused-ring (bicyclic) bond motifs is 1. The van der Waals surface area contributed by atoms with Crippen molar-refractivity contribution in [1.82, 2.24) is 9.29 Å². The number of nitrogens with two attached hydrogens (primary N) is 1. The lowest BCUT2D eigenvalue weighted by atomic mass is 9.89. The third-order valence-corrected chi connectivity index (χ3v) is 7.11. The van der Waals surface area contributed by atoms with Gasteiger partial charge in [0.1, 0.15) is 0 Å². The molecule has 2 heterocycles. The van der Waals surface area contributed by atoms with E-state index in [1.165, 1.54) is 16.4 Å². The molecule has 1 aliphatic heterocycles. The van der Waals surface area contributed by atoms with Gasteiger partial charge in [-0.3, -0.25) is 4.79 Å². The molecular formula is C20H21N3O3S. The Labute approximate surface area is 158 Å². The van der Waals surface area contributed by atoms with Gasteiger partial charge in [-0.2, -0.15) is 4.31 Å². The summed E-state index contributed by atoms with van der Waals surface area (Å²) in [7, 11) is -3.56. The summed E-state index contributed by atoms with van der Waals surface area (Å²) >= 11 is 0. The van der Waals surface area contributed by atoms with E-state index < -0.39 is 10.0 Å². The Balaban J connectivity index is 1.48. The molecule has 3 aromatic rings. The highest BCUT2D eigenvalue weighted by Gasteiger charge is 2.33. The summed E-state index contributed by atoms with van der Waals surface area (Å²) in [6, 6.07) is 13.9. The van der Waals surface area contributed by atoms with Gasteiger partial charge in [0.05, 0.1) is 4.90 Å². The lowest BCUT2D eigenvalue weighted by Gasteiger charge is -2.30. The number of benzene rings is 2. The van der Waals surface area contributed by atoms with Gasteiger partial charge >= 0.3 is 0 Å². The summed E-state index contributed by atoms with van der Waals surface area (Å²) in [6.45, 7) is 0.678. The number of nitrogen functional groups attached to an aromatic ring is 1. The largest absolute Gasteiger partial charge is 0.399 e. The molecule has 0 radical (unpaired) electrons. The summed E-state index contributed by atoms with van der Waals surface area (Å²) in [6.07, 6.45) is 2.80. The van der Waals surface area contributed by atoms with Crippen LogP contribution in [0.3, 0.4) is 0 Å². The van der Waals surface area contributed by atoms with Crippen LogP contribution in [0.15, 0.2) is 59.6 Å². The summed E-state index contributed by atoms with van der Waals surface area (Å²) < 4.78 is 27.0. The van der Waals surface area contributed by atoms with E-state index >= 15 is 0 Å². The molecule has 1 aromatic heterocycles. The van der Waals surface area contributed by atoms with Gasteiger partial charge in [-0.1, -0.05) is 18.2 Å². The molecule has 0 amide bonds. The molecule has 1 saturated heterocycles. The van der Waals surface area contributed by atoms with Crippen LogP contribution in [-0.2, 0) is 10.0 Å². The molecule has 0 unspecified atom stereocenters. The molecule has 1 aliphatic rings. The zero-order valence-corrected chi connectivity index (χ0v) is 15.6. The maximum absolute atomic E-state index is 12.9. The van der Waals surface area contributed by atoms with Crippen molar-refractivity contribution in [3.8, 4) is 0 Å². The predicted molar refractivity (Wildman–Crippen MR) is 105 cm³/mol. The van der Waals surface area contributed by atoms with E-state index in [0.717, 1.165) is 10.9 Å². The number of hydrogen-bond acceptors (Lipinski definition) is 4. The zero-order chi connectivity index (χ0) is 19.0. The molecule has 140 valence electrons. The van der Waals surface area contributed by atoms with Crippen molar-refractivity contribution in [2.45, 2.75) is 17.7 Å². The molecule has 1 fully saturated rings. The van der Waals surface area contributed by atoms with Crippen LogP contribution in [0.5, 0.6) is 0 Å². The highest BCUT2D eigenvalue weighted by Crippen LogP contribution is 2.29. The van der Waals surface area contributed by atoms with E-state index in [1.54, 1.807) is 18.3 Å². The van der Waals surface area contributed by atoms with Crippen LogP contribution in [0.2, 0.25) is 0 Å². The highest BCUT2D eigenvalue weighted by atomic mass is 32.2. The fourth-order valence-electron chi connectivity index (χ4n) is 3.64. The first kappa shape index (κ1) is 17.8. The zero-order valence-electron chi connectivity index (χ0n) is 14.8. The van der Waals surface area contributed by atoms with Crippen molar-refractivity contribution >= 4 is 32.4 Å². The summed E-state index contributed by atoms with van der Waals surface area (Å²) in [4.78, 5) is 16.3. The van der Waals surface area contributed by atoms with E-state index in [4.69, 9.17) is 5.73 Å². The number of sulfonamides is 1. The van der Waals surface area contributed by atoms with Crippen molar-refractivity contribution < 1.29 is 13.2 Å². The number of carbonyl (C=O) groups is 1. The van der Waals surface area contributed by atoms with Gasteiger partial charge in [-0.05, 0) is 43.2 Å². The van der Waals surface area contributed by atoms with Gasteiger partial charge in [0, 0.05) is 47.4 Å². The van der Waals surface area contributed by atoms with Gasteiger partial charge in [0.25, 0.3) is 0 Å². The molecule has 7 heteroatoms. The number of nitrogens with zero attached hydrogens (tertiary/aromatic N) is 1. The number of rotatable bonds is 4. The first-order valence-electron chi connectivity index (χ1n) is 8.93. The topological polar surface area (TPSA) is 96.3 Å². The number of aromatic nitrogens is 1. The second-order valence-electron chi connectivity index (χ2n) is 6.86. The molecule has 6 nitrogen and oxygen atoms in total. The quantitative estimate of drug-likeness (QED) is 0.535. The predicted octanol–water partition coefficient (Wildman–Crippen LogP) is 3.03. The Bertz CT molecular complexity index is 1080. The number of Topliss-reactive ketones (excluding diaryl/α,β-unsaturated/α-hetero) is 1. The minimum absolute atomic E-state index is 0.0805. The highest BCUT2D eigenvalue weighted by molar-refractivity contribution is 7.89. The molecule has 0 atom stereocenters. The fraction of sp³-hybridized carbons (Fsp3) is 0.250. The molecule has 4 rings (SSSR count). The molecule has 3 N–H and O–H groups in total. The van der Waals surface area contributed by atoms with Gasteiger partial charge in [-0.25, -0.2) is 8.42 Å². The molecule has 0 saturated carbocycles. The second-order valence-corrected chi connectivity index (χ2v) is 8.80. The number of H-pyrrole nitrogens is 1. The van der Waals surface area contributed by atoms with E-state index in [0.29, 0.717) is 37.2 Å². The Morgan fingerprint density at radius 2 is 1.70 bits per heavy atom. The monoisotopic (exact) mass is 383 g/mol. The molecular weight excluding hydrogens is 362 g/mol. The minimum Gasteiger partial charge on any atom is -0.399 e.